The molecule has 1 amide bonds. The Morgan fingerprint density at radius 2 is 1.58 bits per heavy atom. The molecule has 1 N–H and O–H groups in total. The molecular weight excluding hydrogens is 322 g/mol. The van der Waals surface area contributed by atoms with Crippen molar-refractivity contribution in [2.24, 2.45) is 4.99 Å². The quantitative estimate of drug-likeness (QED) is 0.841. The van der Waals surface area contributed by atoms with Gasteiger partial charge in [0, 0.05) is 0 Å². The van der Waals surface area contributed by atoms with Gasteiger partial charge in [0.1, 0.15) is 5.70 Å². The number of aliphatic imine (C=N–C) groups is 1. The molecule has 132 valence electrons. The predicted molar refractivity (Wildman–Crippen MR) is 106 cm³/mol. The Labute approximate surface area is 154 Å². The van der Waals surface area contributed by atoms with E-state index in [1.807, 2.05) is 66.7 Å². The van der Waals surface area contributed by atoms with Crippen LogP contribution in [0.15, 0.2) is 71.4 Å². The maximum atomic E-state index is 13.1. The number of carbonyl (C=O) groups excluding carboxylic acids is 1. The molecule has 0 radical (unpaired) electrons. The third kappa shape index (κ3) is 3.54. The van der Waals surface area contributed by atoms with Gasteiger partial charge in [-0.15, -0.1) is 0 Å². The van der Waals surface area contributed by atoms with Gasteiger partial charge in [0.25, 0.3) is 5.91 Å². The van der Waals surface area contributed by atoms with Crippen molar-refractivity contribution in [3.8, 4) is 0 Å². The minimum Gasteiger partial charge on any atom is -0.321 e. The molecule has 0 spiro atoms. The molecule has 0 atom stereocenters. The SMILES string of the molecule is O=C1/C(=C/c2ccccc2)NC(=NC2CCCCC2)N1c1ccccc1. The smallest absolute Gasteiger partial charge is 0.281 e. The molecule has 1 aliphatic carbocycles. The van der Waals surface area contributed by atoms with Crippen LogP contribution in [0.25, 0.3) is 6.08 Å². The van der Waals surface area contributed by atoms with E-state index in [9.17, 15) is 4.79 Å². The first-order chi connectivity index (χ1) is 12.8. The number of amides is 1. The average molecular weight is 345 g/mol. The molecule has 0 bridgehead atoms. The molecule has 2 aliphatic rings. The van der Waals surface area contributed by atoms with Gasteiger partial charge in [0.15, 0.2) is 0 Å². The molecular formula is C22H23N3O. The number of para-hydroxylation sites is 1. The zero-order chi connectivity index (χ0) is 17.8. The molecule has 2 aromatic rings. The first-order valence-corrected chi connectivity index (χ1v) is 9.32. The van der Waals surface area contributed by atoms with E-state index in [2.05, 4.69) is 5.32 Å². The zero-order valence-corrected chi connectivity index (χ0v) is 14.8. The number of nitrogens with zero attached hydrogens (tertiary/aromatic N) is 2. The normalized spacial score (nSPS) is 21.4. The van der Waals surface area contributed by atoms with Crippen LogP contribution in [0.3, 0.4) is 0 Å². The van der Waals surface area contributed by atoms with Crippen molar-refractivity contribution in [2.75, 3.05) is 4.90 Å². The second-order valence-corrected chi connectivity index (χ2v) is 6.81. The molecule has 1 saturated carbocycles. The number of rotatable bonds is 3. The van der Waals surface area contributed by atoms with Crippen molar-refractivity contribution in [3.63, 3.8) is 0 Å². The second kappa shape index (κ2) is 7.56. The molecule has 4 rings (SSSR count). The summed E-state index contributed by atoms with van der Waals surface area (Å²) in [5, 5.41) is 3.27. The third-order valence-corrected chi connectivity index (χ3v) is 4.90. The number of hydrogen-bond donors (Lipinski definition) is 1. The number of carbonyl (C=O) groups is 1. The fourth-order valence-corrected chi connectivity index (χ4v) is 3.55. The molecule has 2 fully saturated rings. The lowest BCUT2D eigenvalue weighted by atomic mass is 9.96. The number of hydrogen-bond acceptors (Lipinski definition) is 2. The lowest BCUT2D eigenvalue weighted by Crippen LogP contribution is -2.34. The van der Waals surface area contributed by atoms with E-state index >= 15 is 0 Å². The van der Waals surface area contributed by atoms with Crippen LogP contribution in [0.2, 0.25) is 0 Å². The van der Waals surface area contributed by atoms with Crippen molar-refractivity contribution < 1.29 is 4.79 Å². The molecule has 1 aliphatic heterocycles. The number of benzene rings is 2. The highest BCUT2D eigenvalue weighted by atomic mass is 16.2. The first-order valence-electron chi connectivity index (χ1n) is 9.32. The van der Waals surface area contributed by atoms with Crippen molar-refractivity contribution in [1.29, 1.82) is 0 Å². The van der Waals surface area contributed by atoms with Gasteiger partial charge >= 0.3 is 0 Å². The third-order valence-electron chi connectivity index (χ3n) is 4.90. The minimum atomic E-state index is -0.0605. The largest absolute Gasteiger partial charge is 0.321 e. The summed E-state index contributed by atoms with van der Waals surface area (Å²) >= 11 is 0. The van der Waals surface area contributed by atoms with Crippen LogP contribution >= 0.6 is 0 Å². The maximum Gasteiger partial charge on any atom is 0.281 e. The van der Waals surface area contributed by atoms with Crippen LogP contribution in [0.1, 0.15) is 37.7 Å². The molecule has 1 saturated heterocycles. The Balaban J connectivity index is 1.69. The summed E-state index contributed by atoms with van der Waals surface area (Å²) in [5.41, 5.74) is 2.40. The van der Waals surface area contributed by atoms with Gasteiger partial charge < -0.3 is 5.32 Å². The Morgan fingerprint density at radius 3 is 2.27 bits per heavy atom. The van der Waals surface area contributed by atoms with E-state index in [0.717, 1.165) is 24.1 Å². The highest BCUT2D eigenvalue weighted by Crippen LogP contribution is 2.25. The van der Waals surface area contributed by atoms with Crippen molar-refractivity contribution >= 4 is 23.6 Å². The molecule has 4 heteroatoms. The van der Waals surface area contributed by atoms with Gasteiger partial charge in [-0.1, -0.05) is 67.8 Å². The highest BCUT2D eigenvalue weighted by Gasteiger charge is 2.33. The van der Waals surface area contributed by atoms with Gasteiger partial charge in [0.2, 0.25) is 5.96 Å². The first kappa shape index (κ1) is 16.6. The number of guanidine groups is 1. The fraction of sp³-hybridized carbons (Fsp3) is 0.273. The Bertz CT molecular complexity index is 821. The van der Waals surface area contributed by atoms with Crippen LogP contribution in [0.5, 0.6) is 0 Å². The summed E-state index contributed by atoms with van der Waals surface area (Å²) in [5.74, 6) is 0.588. The molecule has 2 aromatic carbocycles. The van der Waals surface area contributed by atoms with Crippen molar-refractivity contribution in [1.82, 2.24) is 5.32 Å². The summed E-state index contributed by atoms with van der Waals surface area (Å²) in [6, 6.07) is 19.9. The monoisotopic (exact) mass is 345 g/mol. The molecule has 1 heterocycles. The Hall–Kier alpha value is -2.88. The van der Waals surface area contributed by atoms with E-state index in [1.165, 1.54) is 19.3 Å². The van der Waals surface area contributed by atoms with Gasteiger partial charge in [0.05, 0.1) is 11.7 Å². The lowest BCUT2D eigenvalue weighted by molar-refractivity contribution is -0.113. The van der Waals surface area contributed by atoms with Crippen LogP contribution < -0.4 is 10.2 Å². The summed E-state index contributed by atoms with van der Waals surface area (Å²) < 4.78 is 0. The predicted octanol–water partition coefficient (Wildman–Crippen LogP) is 4.35. The van der Waals surface area contributed by atoms with Gasteiger partial charge in [-0.3, -0.25) is 4.79 Å². The zero-order valence-electron chi connectivity index (χ0n) is 14.8. The molecule has 0 unspecified atom stereocenters. The van der Waals surface area contributed by atoms with Crippen molar-refractivity contribution in [2.45, 2.75) is 38.1 Å². The molecule has 4 nitrogen and oxygen atoms in total. The Kier molecular flexibility index (Phi) is 4.82. The van der Waals surface area contributed by atoms with Crippen LogP contribution in [0, 0.1) is 0 Å². The maximum absolute atomic E-state index is 13.1. The number of nitrogens with one attached hydrogen (secondary N) is 1. The van der Waals surface area contributed by atoms with Crippen LogP contribution in [-0.2, 0) is 4.79 Å². The van der Waals surface area contributed by atoms with Gasteiger partial charge in [-0.2, -0.15) is 0 Å². The van der Waals surface area contributed by atoms with E-state index in [1.54, 1.807) is 4.90 Å². The Morgan fingerprint density at radius 1 is 0.923 bits per heavy atom. The van der Waals surface area contributed by atoms with Crippen LogP contribution in [-0.4, -0.2) is 17.9 Å². The summed E-state index contributed by atoms with van der Waals surface area (Å²) in [7, 11) is 0. The van der Waals surface area contributed by atoms with Gasteiger partial charge in [-0.25, -0.2) is 9.89 Å². The minimum absolute atomic E-state index is 0.0605. The lowest BCUT2D eigenvalue weighted by Gasteiger charge is -2.21. The fourth-order valence-electron chi connectivity index (χ4n) is 3.55. The summed E-state index contributed by atoms with van der Waals surface area (Å²) in [4.78, 5) is 19.7. The number of anilines is 1. The topological polar surface area (TPSA) is 44.7 Å². The van der Waals surface area contributed by atoms with E-state index in [4.69, 9.17) is 4.99 Å². The van der Waals surface area contributed by atoms with E-state index in [-0.39, 0.29) is 5.91 Å². The summed E-state index contributed by atoms with van der Waals surface area (Å²) in [6.45, 7) is 0. The summed E-state index contributed by atoms with van der Waals surface area (Å²) in [6.07, 6.45) is 7.80. The van der Waals surface area contributed by atoms with E-state index in [0.29, 0.717) is 17.7 Å². The highest BCUT2D eigenvalue weighted by molar-refractivity contribution is 6.29. The van der Waals surface area contributed by atoms with Crippen molar-refractivity contribution in [3.05, 3.63) is 71.9 Å². The average Bonchev–Trinajstić information content (AvgIpc) is 2.99. The second-order valence-electron chi connectivity index (χ2n) is 6.81. The molecule has 26 heavy (non-hydrogen) atoms. The van der Waals surface area contributed by atoms with E-state index < -0.39 is 0 Å². The van der Waals surface area contributed by atoms with Crippen LogP contribution in [0.4, 0.5) is 5.69 Å². The van der Waals surface area contributed by atoms with Gasteiger partial charge in [-0.05, 0) is 36.6 Å². The molecule has 0 aromatic heterocycles. The standard InChI is InChI=1S/C22H23N3O/c26-21-20(16-17-10-4-1-5-11-17)24-22(23-18-12-6-2-7-13-18)25(21)19-14-8-3-9-15-19/h1,3-5,8-11,14-16,18H,2,6-7,12-13H2,(H,23,24)/b20-16-.